The molecule has 0 radical (unpaired) electrons. The van der Waals surface area contributed by atoms with Crippen molar-refractivity contribution in [1.29, 1.82) is 0 Å². The molecule has 0 aliphatic carbocycles. The van der Waals surface area contributed by atoms with E-state index in [0.29, 0.717) is 6.42 Å². The highest BCUT2D eigenvalue weighted by Crippen LogP contribution is 2.16. The molecule has 0 saturated carbocycles. The third-order valence-corrected chi connectivity index (χ3v) is 3.61. The van der Waals surface area contributed by atoms with Gasteiger partial charge in [-0.25, -0.2) is 0 Å². The van der Waals surface area contributed by atoms with Crippen molar-refractivity contribution in [2.45, 2.75) is 13.3 Å². The van der Waals surface area contributed by atoms with Crippen LogP contribution < -0.4 is 5.32 Å². The maximum atomic E-state index is 11.9. The molecule has 20 heavy (non-hydrogen) atoms. The van der Waals surface area contributed by atoms with Gasteiger partial charge in [-0.1, -0.05) is 24.0 Å². The van der Waals surface area contributed by atoms with Gasteiger partial charge in [0.2, 0.25) is 5.91 Å². The number of hydrogen-bond acceptors (Lipinski definition) is 3. The lowest BCUT2D eigenvalue weighted by molar-refractivity contribution is -0.115. The maximum absolute atomic E-state index is 11.9. The van der Waals surface area contributed by atoms with Crippen LogP contribution >= 0.6 is 11.3 Å². The second-order valence-electron chi connectivity index (χ2n) is 4.29. The van der Waals surface area contributed by atoms with Crippen molar-refractivity contribution in [2.24, 2.45) is 0 Å². The summed E-state index contributed by atoms with van der Waals surface area (Å²) in [4.78, 5) is 12.9. The van der Waals surface area contributed by atoms with Gasteiger partial charge < -0.3 is 10.4 Å². The first-order valence-electron chi connectivity index (χ1n) is 6.21. The molecule has 3 nitrogen and oxygen atoms in total. The summed E-state index contributed by atoms with van der Waals surface area (Å²) in [5.41, 5.74) is 2.55. The van der Waals surface area contributed by atoms with Gasteiger partial charge in [-0.3, -0.25) is 4.79 Å². The fourth-order valence-corrected chi connectivity index (χ4v) is 2.45. The minimum atomic E-state index is -0.172. The van der Waals surface area contributed by atoms with E-state index in [1.807, 2.05) is 42.6 Å². The van der Waals surface area contributed by atoms with Gasteiger partial charge in [-0.05, 0) is 36.1 Å². The number of thiophene rings is 1. The first-order chi connectivity index (χ1) is 9.69. The van der Waals surface area contributed by atoms with E-state index < -0.39 is 0 Å². The van der Waals surface area contributed by atoms with Crippen LogP contribution in [0.15, 0.2) is 35.7 Å². The summed E-state index contributed by atoms with van der Waals surface area (Å²) in [6.07, 6.45) is 0.378. The Kier molecular flexibility index (Phi) is 4.94. The lowest BCUT2D eigenvalue weighted by Gasteiger charge is -2.06. The number of aliphatic hydroxyl groups excluding tert-OH is 1. The average Bonchev–Trinajstić information content (AvgIpc) is 2.92. The molecular weight excluding hydrogens is 270 g/mol. The molecule has 2 N–H and O–H groups in total. The topological polar surface area (TPSA) is 49.3 Å². The van der Waals surface area contributed by atoms with Gasteiger partial charge in [-0.15, -0.1) is 11.3 Å². The summed E-state index contributed by atoms with van der Waals surface area (Å²) in [7, 11) is 0. The molecule has 0 aliphatic heterocycles. The van der Waals surface area contributed by atoms with Crippen LogP contribution in [0, 0.1) is 18.8 Å². The number of aryl methyl sites for hydroxylation is 1. The molecule has 1 aromatic heterocycles. The van der Waals surface area contributed by atoms with Gasteiger partial charge in [0.05, 0.1) is 6.42 Å². The van der Waals surface area contributed by atoms with Gasteiger partial charge >= 0.3 is 0 Å². The molecule has 1 heterocycles. The van der Waals surface area contributed by atoms with E-state index in [-0.39, 0.29) is 12.5 Å². The van der Waals surface area contributed by atoms with Gasteiger partial charge in [0, 0.05) is 16.1 Å². The van der Waals surface area contributed by atoms with E-state index in [9.17, 15) is 4.79 Å². The predicted octanol–water partition coefficient (Wildman–Crippen LogP) is 2.58. The normalized spacial score (nSPS) is 9.70. The van der Waals surface area contributed by atoms with Crippen molar-refractivity contribution < 1.29 is 9.90 Å². The fourth-order valence-electron chi connectivity index (χ4n) is 1.75. The van der Waals surface area contributed by atoms with E-state index in [0.717, 1.165) is 21.7 Å². The molecule has 0 aliphatic rings. The molecule has 1 amide bonds. The number of rotatable bonds is 3. The van der Waals surface area contributed by atoms with Gasteiger partial charge in [0.1, 0.15) is 6.61 Å². The average molecular weight is 285 g/mol. The van der Waals surface area contributed by atoms with Crippen molar-refractivity contribution >= 4 is 22.9 Å². The predicted molar refractivity (Wildman–Crippen MR) is 81.8 cm³/mol. The van der Waals surface area contributed by atoms with Gasteiger partial charge in [0.15, 0.2) is 0 Å². The zero-order valence-corrected chi connectivity index (χ0v) is 12.0. The molecule has 0 bridgehead atoms. The SMILES string of the molecule is Cc1ccc(NC(=O)Cc2cccs2)cc1C#CCO. The highest BCUT2D eigenvalue weighted by atomic mass is 32.1. The molecule has 102 valence electrons. The molecule has 0 atom stereocenters. The van der Waals surface area contributed by atoms with Crippen molar-refractivity contribution in [2.75, 3.05) is 11.9 Å². The minimum absolute atomic E-state index is 0.0441. The van der Waals surface area contributed by atoms with Crippen LogP contribution in [0.1, 0.15) is 16.0 Å². The summed E-state index contributed by atoms with van der Waals surface area (Å²) < 4.78 is 0. The molecule has 0 fully saturated rings. The molecule has 0 spiro atoms. The second-order valence-corrected chi connectivity index (χ2v) is 5.33. The highest BCUT2D eigenvalue weighted by molar-refractivity contribution is 7.10. The zero-order valence-electron chi connectivity index (χ0n) is 11.1. The van der Waals surface area contributed by atoms with Gasteiger partial charge in [-0.2, -0.15) is 0 Å². The standard InChI is InChI=1S/C16H15NO2S/c1-12-6-7-14(10-13(12)4-2-8-18)17-16(19)11-15-5-3-9-20-15/h3,5-7,9-10,18H,8,11H2,1H3,(H,17,19). The van der Waals surface area contributed by atoms with Crippen LogP contribution in [0.5, 0.6) is 0 Å². The quantitative estimate of drug-likeness (QED) is 0.852. The van der Waals surface area contributed by atoms with E-state index in [1.165, 1.54) is 0 Å². The Morgan fingerprint density at radius 3 is 2.95 bits per heavy atom. The Morgan fingerprint density at radius 2 is 2.25 bits per heavy atom. The number of nitrogens with one attached hydrogen (secondary N) is 1. The molecule has 4 heteroatoms. The van der Waals surface area contributed by atoms with Gasteiger partial charge in [0.25, 0.3) is 0 Å². The fraction of sp³-hybridized carbons (Fsp3) is 0.188. The Morgan fingerprint density at radius 1 is 1.40 bits per heavy atom. The maximum Gasteiger partial charge on any atom is 0.229 e. The third kappa shape index (κ3) is 3.95. The van der Waals surface area contributed by atoms with Crippen LogP contribution in [0.25, 0.3) is 0 Å². The molecule has 2 aromatic rings. The number of anilines is 1. The highest BCUT2D eigenvalue weighted by Gasteiger charge is 2.06. The number of carbonyl (C=O) groups is 1. The third-order valence-electron chi connectivity index (χ3n) is 2.74. The zero-order chi connectivity index (χ0) is 14.4. The van der Waals surface area contributed by atoms with Crippen molar-refractivity contribution in [3.63, 3.8) is 0 Å². The van der Waals surface area contributed by atoms with E-state index in [4.69, 9.17) is 5.11 Å². The Bertz CT molecular complexity index is 651. The first-order valence-corrected chi connectivity index (χ1v) is 7.09. The summed E-state index contributed by atoms with van der Waals surface area (Å²) in [5.74, 6) is 5.45. The summed E-state index contributed by atoms with van der Waals surface area (Å²) in [6.45, 7) is 1.77. The molecule has 1 aromatic carbocycles. The summed E-state index contributed by atoms with van der Waals surface area (Å²) in [5, 5.41) is 13.6. The lowest BCUT2D eigenvalue weighted by Crippen LogP contribution is -2.13. The minimum Gasteiger partial charge on any atom is -0.384 e. The molecular formula is C16H15NO2S. The second kappa shape index (κ2) is 6.90. The molecule has 0 saturated heterocycles. The Balaban J connectivity index is 2.07. The number of carbonyl (C=O) groups excluding carboxylic acids is 1. The molecule has 0 unspecified atom stereocenters. The van der Waals surface area contributed by atoms with E-state index in [1.54, 1.807) is 11.3 Å². The van der Waals surface area contributed by atoms with Crippen LogP contribution in [0.2, 0.25) is 0 Å². The van der Waals surface area contributed by atoms with Crippen LogP contribution in [0.3, 0.4) is 0 Å². The van der Waals surface area contributed by atoms with Crippen molar-refractivity contribution in [3.05, 3.63) is 51.7 Å². The van der Waals surface area contributed by atoms with Crippen molar-refractivity contribution in [3.8, 4) is 11.8 Å². The number of hydrogen-bond donors (Lipinski definition) is 2. The van der Waals surface area contributed by atoms with Crippen LogP contribution in [-0.2, 0) is 11.2 Å². The Hall–Kier alpha value is -2.09. The van der Waals surface area contributed by atoms with Crippen LogP contribution in [-0.4, -0.2) is 17.6 Å². The lowest BCUT2D eigenvalue weighted by atomic mass is 10.1. The van der Waals surface area contributed by atoms with E-state index >= 15 is 0 Å². The summed E-state index contributed by atoms with van der Waals surface area (Å²) >= 11 is 1.57. The van der Waals surface area contributed by atoms with E-state index in [2.05, 4.69) is 17.2 Å². The first kappa shape index (κ1) is 14.3. The largest absolute Gasteiger partial charge is 0.384 e. The smallest absolute Gasteiger partial charge is 0.229 e. The number of aliphatic hydroxyl groups is 1. The number of benzene rings is 1. The summed E-state index contributed by atoms with van der Waals surface area (Å²) in [6, 6.07) is 9.46. The monoisotopic (exact) mass is 285 g/mol. The molecule has 2 rings (SSSR count). The van der Waals surface area contributed by atoms with Crippen molar-refractivity contribution in [1.82, 2.24) is 0 Å². The van der Waals surface area contributed by atoms with Crippen LogP contribution in [0.4, 0.5) is 5.69 Å². The Labute approximate surface area is 122 Å². The number of amides is 1.